The number of furan rings is 1. The molecule has 0 aliphatic heterocycles. The maximum Gasteiger partial charge on any atom is 0.371 e. The van der Waals surface area contributed by atoms with E-state index in [0.717, 1.165) is 5.56 Å². The van der Waals surface area contributed by atoms with Crippen LogP contribution in [0.15, 0.2) is 34.9 Å². The molecule has 2 N–H and O–H groups in total. The summed E-state index contributed by atoms with van der Waals surface area (Å²) in [5, 5.41) is 11.3. The van der Waals surface area contributed by atoms with Crippen LogP contribution < -0.4 is 10.1 Å². The van der Waals surface area contributed by atoms with Gasteiger partial charge in [0.05, 0.1) is 7.11 Å². The molecule has 0 aliphatic carbocycles. The standard InChI is InChI=1S/C13H12N2O5/c1-19-11-6-8(4-5-14-11)7-15-12(16)9-2-3-10(20-9)13(17)18/h2-6H,7H2,1H3,(H,15,16)(H,17,18). The van der Waals surface area contributed by atoms with Crippen LogP contribution in [0.25, 0.3) is 0 Å². The lowest BCUT2D eigenvalue weighted by Gasteiger charge is -2.04. The molecule has 1 amide bonds. The zero-order valence-corrected chi connectivity index (χ0v) is 10.6. The quantitative estimate of drug-likeness (QED) is 0.853. The summed E-state index contributed by atoms with van der Waals surface area (Å²) in [6, 6.07) is 5.96. The fourth-order valence-electron chi connectivity index (χ4n) is 1.52. The van der Waals surface area contributed by atoms with Gasteiger partial charge in [-0.2, -0.15) is 0 Å². The first-order valence-electron chi connectivity index (χ1n) is 5.70. The monoisotopic (exact) mass is 276 g/mol. The molecule has 0 saturated heterocycles. The number of carboxylic acids is 1. The maximum absolute atomic E-state index is 11.8. The van der Waals surface area contributed by atoms with E-state index in [1.54, 1.807) is 18.3 Å². The molecular weight excluding hydrogens is 264 g/mol. The van der Waals surface area contributed by atoms with E-state index in [1.807, 2.05) is 0 Å². The van der Waals surface area contributed by atoms with Gasteiger partial charge in [0.1, 0.15) is 0 Å². The Balaban J connectivity index is 1.98. The summed E-state index contributed by atoms with van der Waals surface area (Å²) in [5.74, 6) is -1.59. The van der Waals surface area contributed by atoms with E-state index in [2.05, 4.69) is 10.3 Å². The zero-order chi connectivity index (χ0) is 14.5. The third-order valence-electron chi connectivity index (χ3n) is 2.50. The lowest BCUT2D eigenvalue weighted by molar-refractivity contribution is 0.0659. The van der Waals surface area contributed by atoms with Gasteiger partial charge in [-0.05, 0) is 23.8 Å². The molecule has 20 heavy (non-hydrogen) atoms. The van der Waals surface area contributed by atoms with Crippen molar-refractivity contribution in [1.29, 1.82) is 0 Å². The van der Waals surface area contributed by atoms with Crippen molar-refractivity contribution >= 4 is 11.9 Å². The Hall–Kier alpha value is -2.83. The van der Waals surface area contributed by atoms with Gasteiger partial charge >= 0.3 is 5.97 Å². The summed E-state index contributed by atoms with van der Waals surface area (Å²) in [6.07, 6.45) is 1.57. The Kier molecular flexibility index (Phi) is 3.99. The number of carbonyl (C=O) groups excluding carboxylic acids is 1. The number of nitrogens with zero attached hydrogens (tertiary/aromatic N) is 1. The minimum atomic E-state index is -1.22. The number of carbonyl (C=O) groups is 2. The van der Waals surface area contributed by atoms with Crippen molar-refractivity contribution in [3.63, 3.8) is 0 Å². The first-order valence-corrected chi connectivity index (χ1v) is 5.70. The summed E-state index contributed by atoms with van der Waals surface area (Å²) < 4.78 is 9.86. The number of aromatic nitrogens is 1. The van der Waals surface area contributed by atoms with E-state index in [1.165, 1.54) is 19.2 Å². The molecule has 0 aliphatic rings. The number of nitrogens with one attached hydrogen (secondary N) is 1. The van der Waals surface area contributed by atoms with Gasteiger partial charge in [0.25, 0.3) is 5.91 Å². The van der Waals surface area contributed by atoms with Crippen molar-refractivity contribution in [2.45, 2.75) is 6.54 Å². The maximum atomic E-state index is 11.8. The van der Waals surface area contributed by atoms with Crippen LogP contribution in [0.2, 0.25) is 0 Å². The third kappa shape index (κ3) is 3.14. The molecule has 0 radical (unpaired) electrons. The van der Waals surface area contributed by atoms with Gasteiger partial charge in [0, 0.05) is 18.8 Å². The number of hydrogen-bond donors (Lipinski definition) is 2. The molecule has 2 rings (SSSR count). The molecule has 0 spiro atoms. The number of carboxylic acid groups (broad SMARTS) is 1. The van der Waals surface area contributed by atoms with Crippen molar-refractivity contribution in [2.75, 3.05) is 7.11 Å². The van der Waals surface area contributed by atoms with Gasteiger partial charge in [-0.1, -0.05) is 0 Å². The fraction of sp³-hybridized carbons (Fsp3) is 0.154. The molecule has 7 heteroatoms. The van der Waals surface area contributed by atoms with Crippen LogP contribution in [0.5, 0.6) is 5.88 Å². The number of amides is 1. The van der Waals surface area contributed by atoms with E-state index in [9.17, 15) is 9.59 Å². The second-order valence-corrected chi connectivity index (χ2v) is 3.86. The highest BCUT2D eigenvalue weighted by Gasteiger charge is 2.14. The van der Waals surface area contributed by atoms with Crippen LogP contribution in [0.1, 0.15) is 26.7 Å². The van der Waals surface area contributed by atoms with Crippen LogP contribution in [0, 0.1) is 0 Å². The van der Waals surface area contributed by atoms with Crippen LogP contribution in [0.4, 0.5) is 0 Å². The van der Waals surface area contributed by atoms with E-state index in [0.29, 0.717) is 5.88 Å². The average Bonchev–Trinajstić information content (AvgIpc) is 2.95. The summed E-state index contributed by atoms with van der Waals surface area (Å²) in [7, 11) is 1.50. The predicted molar refractivity (Wildman–Crippen MR) is 67.6 cm³/mol. The number of aromatic carboxylic acids is 1. The molecule has 2 heterocycles. The van der Waals surface area contributed by atoms with Gasteiger partial charge in [0.15, 0.2) is 5.76 Å². The topological polar surface area (TPSA) is 102 Å². The summed E-state index contributed by atoms with van der Waals surface area (Å²) in [5.41, 5.74) is 0.801. The number of methoxy groups -OCH3 is 1. The molecule has 7 nitrogen and oxygen atoms in total. The second kappa shape index (κ2) is 5.87. The van der Waals surface area contributed by atoms with Crippen molar-refractivity contribution in [2.24, 2.45) is 0 Å². The van der Waals surface area contributed by atoms with E-state index in [-0.39, 0.29) is 18.1 Å². The van der Waals surface area contributed by atoms with Gasteiger partial charge < -0.3 is 19.6 Å². The first-order chi connectivity index (χ1) is 9.60. The largest absolute Gasteiger partial charge is 0.481 e. The number of ether oxygens (including phenoxy) is 1. The molecule has 2 aromatic heterocycles. The number of pyridine rings is 1. The van der Waals surface area contributed by atoms with Crippen molar-refractivity contribution in [3.8, 4) is 5.88 Å². The molecule has 0 unspecified atom stereocenters. The Morgan fingerprint density at radius 2 is 2.10 bits per heavy atom. The van der Waals surface area contributed by atoms with Crippen LogP contribution >= 0.6 is 0 Å². The minimum absolute atomic E-state index is 0.0524. The second-order valence-electron chi connectivity index (χ2n) is 3.86. The average molecular weight is 276 g/mol. The summed E-state index contributed by atoms with van der Waals surface area (Å²) in [6.45, 7) is 0.251. The molecule has 0 aromatic carbocycles. The van der Waals surface area contributed by atoms with E-state index in [4.69, 9.17) is 14.3 Å². The first kappa shape index (κ1) is 13.6. The summed E-state index contributed by atoms with van der Waals surface area (Å²) in [4.78, 5) is 26.4. The van der Waals surface area contributed by atoms with Crippen molar-refractivity contribution in [3.05, 3.63) is 47.5 Å². The fourth-order valence-corrected chi connectivity index (χ4v) is 1.52. The highest BCUT2D eigenvalue weighted by molar-refractivity contribution is 5.93. The molecule has 2 aromatic rings. The normalized spacial score (nSPS) is 10.1. The smallest absolute Gasteiger partial charge is 0.371 e. The highest BCUT2D eigenvalue weighted by Crippen LogP contribution is 2.10. The SMILES string of the molecule is COc1cc(CNC(=O)c2ccc(C(=O)O)o2)ccn1. The number of hydrogen-bond acceptors (Lipinski definition) is 5. The molecule has 0 saturated carbocycles. The third-order valence-corrected chi connectivity index (χ3v) is 2.50. The predicted octanol–water partition coefficient (Wildman–Crippen LogP) is 1.31. The molecule has 104 valence electrons. The Bertz CT molecular complexity index is 635. The van der Waals surface area contributed by atoms with Gasteiger partial charge in [-0.3, -0.25) is 4.79 Å². The highest BCUT2D eigenvalue weighted by atomic mass is 16.5. The Morgan fingerprint density at radius 1 is 1.35 bits per heavy atom. The van der Waals surface area contributed by atoms with Crippen LogP contribution in [-0.2, 0) is 6.54 Å². The van der Waals surface area contributed by atoms with Gasteiger partial charge in [-0.25, -0.2) is 9.78 Å². The van der Waals surface area contributed by atoms with E-state index < -0.39 is 11.9 Å². The van der Waals surface area contributed by atoms with Crippen molar-refractivity contribution in [1.82, 2.24) is 10.3 Å². The molecule has 0 bridgehead atoms. The summed E-state index contributed by atoms with van der Waals surface area (Å²) >= 11 is 0. The Labute approximate surface area is 114 Å². The van der Waals surface area contributed by atoms with Gasteiger partial charge in [0.2, 0.25) is 11.6 Å². The lowest BCUT2D eigenvalue weighted by Crippen LogP contribution is -2.22. The minimum Gasteiger partial charge on any atom is -0.481 e. The van der Waals surface area contributed by atoms with E-state index >= 15 is 0 Å². The molecule has 0 atom stereocenters. The zero-order valence-electron chi connectivity index (χ0n) is 10.6. The number of rotatable bonds is 5. The lowest BCUT2D eigenvalue weighted by atomic mass is 10.2. The molecular formula is C13H12N2O5. The van der Waals surface area contributed by atoms with Crippen LogP contribution in [-0.4, -0.2) is 29.1 Å². The Morgan fingerprint density at radius 3 is 2.75 bits per heavy atom. The van der Waals surface area contributed by atoms with Crippen molar-refractivity contribution < 1.29 is 23.8 Å². The van der Waals surface area contributed by atoms with Crippen LogP contribution in [0.3, 0.4) is 0 Å². The molecule has 0 fully saturated rings. The van der Waals surface area contributed by atoms with Gasteiger partial charge in [-0.15, -0.1) is 0 Å².